The second-order valence-corrected chi connectivity index (χ2v) is 19.9. The molecule has 4 aliphatic rings. The van der Waals surface area contributed by atoms with Gasteiger partial charge in [0, 0.05) is 49.8 Å². The molecule has 0 spiro atoms. The summed E-state index contributed by atoms with van der Waals surface area (Å²) in [6, 6.07) is 36.3. The van der Waals surface area contributed by atoms with Gasteiger partial charge in [0.05, 0.1) is 23.9 Å². The van der Waals surface area contributed by atoms with Gasteiger partial charge in [-0.3, -0.25) is 9.78 Å². The minimum atomic E-state index is -1.37. The number of fused-ring (bicyclic) bond motifs is 3. The van der Waals surface area contributed by atoms with Crippen LogP contribution in [0.4, 0.5) is 0 Å². The maximum Gasteiger partial charge on any atom is 0.239 e. The maximum absolute atomic E-state index is 15.6. The molecule has 1 aromatic heterocycles. The van der Waals surface area contributed by atoms with E-state index >= 15 is 4.79 Å². The number of carbonyl (C=O) groups excluding carboxylic acids is 1. The van der Waals surface area contributed by atoms with E-state index in [-0.39, 0.29) is 50.1 Å². The molecule has 0 bridgehead atoms. The molecule has 2 fully saturated rings. The number of allylic oxidation sites excluding steroid dienone is 1. The summed E-state index contributed by atoms with van der Waals surface area (Å²) in [6.45, 7) is 7.51. The van der Waals surface area contributed by atoms with Gasteiger partial charge in [-0.25, -0.2) is 0 Å². The van der Waals surface area contributed by atoms with Crippen molar-refractivity contribution in [1.29, 1.82) is 0 Å². The highest BCUT2D eigenvalue weighted by atomic mass is 16.7. The Morgan fingerprint density at radius 1 is 0.886 bits per heavy atom. The first-order chi connectivity index (χ1) is 34.4. The third kappa shape index (κ3) is 11.0. The van der Waals surface area contributed by atoms with Crippen molar-refractivity contribution in [3.8, 4) is 11.5 Å². The number of aryl methyl sites for hydroxylation is 1. The molecule has 2 saturated carbocycles. The molecule has 10 nitrogen and oxygen atoms in total. The van der Waals surface area contributed by atoms with Gasteiger partial charge in [-0.15, -0.1) is 6.58 Å². The van der Waals surface area contributed by atoms with Gasteiger partial charge in [-0.2, -0.15) is 0 Å². The summed E-state index contributed by atoms with van der Waals surface area (Å²) in [5, 5.41) is 27.5. The summed E-state index contributed by atoms with van der Waals surface area (Å²) in [4.78, 5) is 28.7. The molecule has 3 aliphatic carbocycles. The second-order valence-electron chi connectivity index (χ2n) is 19.9. The van der Waals surface area contributed by atoms with E-state index < -0.39 is 17.7 Å². The molecule has 368 valence electrons. The lowest BCUT2D eigenvalue weighted by molar-refractivity contribution is -0.258. The van der Waals surface area contributed by atoms with Crippen LogP contribution >= 0.6 is 0 Å². The quantitative estimate of drug-likeness (QED) is 0.0377. The summed E-state index contributed by atoms with van der Waals surface area (Å²) in [7, 11) is 0. The van der Waals surface area contributed by atoms with Crippen molar-refractivity contribution < 1.29 is 34.1 Å². The van der Waals surface area contributed by atoms with E-state index in [4.69, 9.17) is 29.2 Å². The Kier molecular flexibility index (Phi) is 16.4. The van der Waals surface area contributed by atoms with Crippen LogP contribution in [0.1, 0.15) is 117 Å². The number of unbranched alkanes of at least 4 members (excludes halogenated alkanes) is 2. The number of amides is 1. The maximum atomic E-state index is 15.6. The van der Waals surface area contributed by atoms with Crippen LogP contribution in [-0.2, 0) is 34.1 Å². The molecule has 6 unspecified atom stereocenters. The van der Waals surface area contributed by atoms with Crippen molar-refractivity contribution >= 4 is 22.4 Å². The normalized spacial score (nSPS) is 23.3. The van der Waals surface area contributed by atoms with Crippen molar-refractivity contribution in [3.63, 3.8) is 0 Å². The molecule has 1 aliphatic heterocycles. The van der Waals surface area contributed by atoms with Gasteiger partial charge in [-0.05, 0) is 115 Å². The standard InChI is InChI=1S/C60H71N3O7/c1-3-35-68-60-56(63(57(66)32-29-43-18-7-8-19-43)39-47-25-16-24-45-22-9-10-27-50(45)47)38-54(62-69-40-44-20-5-4-6-21-44)52-36-46(23-11-13-33-64)51(28-12-14-34-65)58(59(52)60)53-37-49(30-31-55(53)70-60)67-41-48-26-15-17-42(2)61-48/h3-6,9-10,15-17,20-22,24-27,30-31,36-37,43,46,51,56,58-59,64-65H,1,7-8,11-14,18-19,23,28-29,32-35,38-41H2,2H3. The fourth-order valence-corrected chi connectivity index (χ4v) is 12.1. The van der Waals surface area contributed by atoms with Gasteiger partial charge in [0.1, 0.15) is 30.8 Å². The Labute approximate surface area is 414 Å². The van der Waals surface area contributed by atoms with Crippen molar-refractivity contribution in [2.45, 2.75) is 128 Å². The van der Waals surface area contributed by atoms with Crippen LogP contribution in [0, 0.1) is 30.6 Å². The zero-order valence-electron chi connectivity index (χ0n) is 40.9. The van der Waals surface area contributed by atoms with Crippen molar-refractivity contribution in [2.24, 2.45) is 28.8 Å². The van der Waals surface area contributed by atoms with E-state index in [1.165, 1.54) is 12.8 Å². The number of ether oxygens (including phenoxy) is 3. The molecule has 2 heterocycles. The van der Waals surface area contributed by atoms with Gasteiger partial charge in [0.15, 0.2) is 0 Å². The molecule has 10 heteroatoms. The summed E-state index contributed by atoms with van der Waals surface area (Å²) in [6.07, 6.45) is 15.3. The van der Waals surface area contributed by atoms with Crippen LogP contribution in [0.5, 0.6) is 11.5 Å². The molecule has 4 aromatic carbocycles. The van der Waals surface area contributed by atoms with Crippen LogP contribution in [-0.4, -0.2) is 63.4 Å². The fourth-order valence-electron chi connectivity index (χ4n) is 12.1. The summed E-state index contributed by atoms with van der Waals surface area (Å²) in [5.41, 5.74) is 6.64. The van der Waals surface area contributed by atoms with E-state index in [9.17, 15) is 10.2 Å². The molecule has 70 heavy (non-hydrogen) atoms. The predicted molar refractivity (Wildman–Crippen MR) is 275 cm³/mol. The molecule has 0 saturated heterocycles. The lowest BCUT2D eigenvalue weighted by Crippen LogP contribution is -2.70. The minimum Gasteiger partial charge on any atom is -0.487 e. The lowest BCUT2D eigenvalue weighted by atomic mass is 9.55. The SMILES string of the molecule is C=CCOC12Oc3ccc(OCc4cccc(C)n4)cc3C3C(CCCCO)C(CCCCO)C=C(C(=NOCc4ccccc4)CC1N(Cc1cccc4ccccc14)C(=O)CCC1CCCC1)C32. The second kappa shape index (κ2) is 23.4. The third-order valence-electron chi connectivity index (χ3n) is 15.4. The first-order valence-corrected chi connectivity index (χ1v) is 25.9. The molecule has 0 radical (unpaired) electrons. The Balaban J connectivity index is 1.23. The Bertz CT molecular complexity index is 2600. The van der Waals surface area contributed by atoms with Crippen molar-refractivity contribution in [2.75, 3.05) is 19.8 Å². The number of oxime groups is 1. The number of benzene rings is 4. The Morgan fingerprint density at radius 3 is 2.46 bits per heavy atom. The van der Waals surface area contributed by atoms with Gasteiger partial charge >= 0.3 is 0 Å². The van der Waals surface area contributed by atoms with Crippen molar-refractivity contribution in [1.82, 2.24) is 9.88 Å². The highest BCUT2D eigenvalue weighted by Crippen LogP contribution is 2.62. The fraction of sp³-hybridized carbons (Fsp3) is 0.450. The van der Waals surface area contributed by atoms with Crippen LogP contribution in [0.15, 0.2) is 139 Å². The number of nitrogens with zero attached hydrogens (tertiary/aromatic N) is 3. The highest BCUT2D eigenvalue weighted by Gasteiger charge is 2.65. The van der Waals surface area contributed by atoms with Crippen LogP contribution in [0.3, 0.4) is 0 Å². The highest BCUT2D eigenvalue weighted by molar-refractivity contribution is 6.03. The largest absolute Gasteiger partial charge is 0.487 e. The first-order valence-electron chi connectivity index (χ1n) is 25.9. The van der Waals surface area contributed by atoms with Gasteiger partial charge < -0.3 is 34.2 Å². The summed E-state index contributed by atoms with van der Waals surface area (Å²) in [5.74, 6) is 0.197. The van der Waals surface area contributed by atoms with E-state index in [2.05, 4.69) is 66.1 Å². The Hall–Kier alpha value is -5.81. The molecule has 2 N–H and O–H groups in total. The lowest BCUT2D eigenvalue weighted by Gasteiger charge is -2.60. The first kappa shape index (κ1) is 49.2. The molecule has 6 atom stereocenters. The van der Waals surface area contributed by atoms with Gasteiger partial charge in [-0.1, -0.05) is 135 Å². The monoisotopic (exact) mass is 946 g/mol. The number of rotatable bonds is 23. The molecule has 5 aromatic rings. The number of hydrogen-bond donors (Lipinski definition) is 2. The molecule has 1 amide bonds. The average molecular weight is 946 g/mol. The van der Waals surface area contributed by atoms with Crippen molar-refractivity contribution in [3.05, 3.63) is 162 Å². The predicted octanol–water partition coefficient (Wildman–Crippen LogP) is 12.0. The van der Waals surface area contributed by atoms with E-state index in [0.717, 1.165) is 95.1 Å². The van der Waals surface area contributed by atoms with E-state index in [1.807, 2.05) is 67.6 Å². The number of aliphatic hydroxyl groups is 2. The summed E-state index contributed by atoms with van der Waals surface area (Å²) >= 11 is 0. The number of pyridine rings is 1. The molecule has 9 rings (SSSR count). The molecular formula is C60H71N3O7. The zero-order valence-corrected chi connectivity index (χ0v) is 40.9. The van der Waals surface area contributed by atoms with Crippen LogP contribution in [0.25, 0.3) is 10.8 Å². The van der Waals surface area contributed by atoms with E-state index in [1.54, 1.807) is 6.08 Å². The minimum absolute atomic E-state index is 0.0695. The smallest absolute Gasteiger partial charge is 0.239 e. The topological polar surface area (TPSA) is 123 Å². The molecular weight excluding hydrogens is 875 g/mol. The number of carbonyl (C=O) groups is 1. The number of aliphatic hydroxyl groups excluding tert-OH is 2. The van der Waals surface area contributed by atoms with Crippen LogP contribution in [0.2, 0.25) is 0 Å². The number of hydrogen-bond acceptors (Lipinski definition) is 9. The van der Waals surface area contributed by atoms with E-state index in [0.29, 0.717) is 56.3 Å². The number of aromatic nitrogens is 1. The zero-order chi connectivity index (χ0) is 48.3. The van der Waals surface area contributed by atoms with Gasteiger partial charge in [0.2, 0.25) is 11.7 Å². The average Bonchev–Trinajstić information content (AvgIpc) is 3.92. The van der Waals surface area contributed by atoms with Crippen LogP contribution < -0.4 is 9.47 Å². The van der Waals surface area contributed by atoms with Gasteiger partial charge in [0.25, 0.3) is 0 Å². The Morgan fingerprint density at radius 2 is 1.66 bits per heavy atom. The summed E-state index contributed by atoms with van der Waals surface area (Å²) < 4.78 is 21.5. The third-order valence-corrected chi connectivity index (χ3v) is 15.4.